The van der Waals surface area contributed by atoms with Gasteiger partial charge in [-0.2, -0.15) is 0 Å². The number of rotatable bonds is 9. The molecular formula is C24H26N2O5S. The Morgan fingerprint density at radius 3 is 2.38 bits per heavy atom. The molecule has 0 heterocycles. The number of amides is 1. The van der Waals surface area contributed by atoms with Crippen molar-refractivity contribution in [2.45, 2.75) is 24.5 Å². The molecule has 1 atom stereocenters. The summed E-state index contributed by atoms with van der Waals surface area (Å²) in [6.45, 7) is 1.80. The van der Waals surface area contributed by atoms with Gasteiger partial charge in [0, 0.05) is 18.7 Å². The lowest BCUT2D eigenvalue weighted by atomic mass is 10.1. The maximum Gasteiger partial charge on any atom is 0.251 e. The smallest absolute Gasteiger partial charge is 0.251 e. The number of nitrogens with one attached hydrogen (secondary N) is 2. The minimum absolute atomic E-state index is 0.0205. The quantitative estimate of drug-likeness (QED) is 0.461. The maximum atomic E-state index is 12.8. The van der Waals surface area contributed by atoms with E-state index in [4.69, 9.17) is 4.74 Å². The fraction of sp³-hybridized carbons (Fsp3) is 0.208. The highest BCUT2D eigenvalue weighted by Crippen LogP contribution is 2.19. The monoisotopic (exact) mass is 454 g/mol. The van der Waals surface area contributed by atoms with Crippen LogP contribution in [0.15, 0.2) is 77.7 Å². The van der Waals surface area contributed by atoms with Gasteiger partial charge in [-0.05, 0) is 47.9 Å². The highest BCUT2D eigenvalue weighted by Gasteiger charge is 2.19. The van der Waals surface area contributed by atoms with Gasteiger partial charge in [0.25, 0.3) is 5.91 Å². The number of aryl methyl sites for hydroxylation is 1. The second-order valence-corrected chi connectivity index (χ2v) is 9.02. The molecule has 3 rings (SSSR count). The molecule has 168 valence electrons. The molecule has 8 heteroatoms. The molecule has 3 aromatic carbocycles. The summed E-state index contributed by atoms with van der Waals surface area (Å²) in [5.41, 5.74) is 2.18. The molecule has 0 fully saturated rings. The summed E-state index contributed by atoms with van der Waals surface area (Å²) >= 11 is 0. The molecule has 0 bridgehead atoms. The summed E-state index contributed by atoms with van der Waals surface area (Å²) in [5.74, 6) is 0.191. The standard InChI is InChI=1S/C24H26N2O5S/c1-17-8-9-20(14-23(17)32(29,30)26-15-18-6-4-3-5-7-18)24(28)25-16-22(27)19-10-12-21(31-2)13-11-19/h3-14,22,26-27H,15-16H2,1-2H3,(H,25,28). The molecular weight excluding hydrogens is 428 g/mol. The lowest BCUT2D eigenvalue weighted by molar-refractivity contribution is 0.0916. The van der Waals surface area contributed by atoms with Gasteiger partial charge in [-0.15, -0.1) is 0 Å². The highest BCUT2D eigenvalue weighted by molar-refractivity contribution is 7.89. The van der Waals surface area contributed by atoms with Gasteiger partial charge in [0.2, 0.25) is 10.0 Å². The first-order chi connectivity index (χ1) is 15.3. The van der Waals surface area contributed by atoms with E-state index < -0.39 is 22.0 Å². The van der Waals surface area contributed by atoms with E-state index in [1.165, 1.54) is 6.07 Å². The van der Waals surface area contributed by atoms with Crippen LogP contribution in [0.3, 0.4) is 0 Å². The van der Waals surface area contributed by atoms with Gasteiger partial charge in [-0.1, -0.05) is 48.5 Å². The van der Waals surface area contributed by atoms with Crippen LogP contribution in [-0.2, 0) is 16.6 Å². The van der Waals surface area contributed by atoms with Crippen molar-refractivity contribution in [2.75, 3.05) is 13.7 Å². The van der Waals surface area contributed by atoms with Crippen LogP contribution >= 0.6 is 0 Å². The Bertz CT molecular complexity index is 1160. The van der Waals surface area contributed by atoms with Gasteiger partial charge in [-0.3, -0.25) is 4.79 Å². The summed E-state index contributed by atoms with van der Waals surface area (Å²) in [5, 5.41) is 13.0. The number of methoxy groups -OCH3 is 1. The highest BCUT2D eigenvalue weighted by atomic mass is 32.2. The number of hydrogen-bond acceptors (Lipinski definition) is 5. The van der Waals surface area contributed by atoms with Crippen molar-refractivity contribution in [1.82, 2.24) is 10.0 Å². The second kappa shape index (κ2) is 10.4. The SMILES string of the molecule is COc1ccc(C(O)CNC(=O)c2ccc(C)c(S(=O)(=O)NCc3ccccc3)c2)cc1. The van der Waals surface area contributed by atoms with E-state index in [1.54, 1.807) is 50.4 Å². The van der Waals surface area contributed by atoms with Crippen LogP contribution in [0.25, 0.3) is 0 Å². The molecule has 7 nitrogen and oxygen atoms in total. The van der Waals surface area contributed by atoms with E-state index >= 15 is 0 Å². The third-order valence-corrected chi connectivity index (χ3v) is 6.55. The van der Waals surface area contributed by atoms with E-state index in [2.05, 4.69) is 10.0 Å². The van der Waals surface area contributed by atoms with Crippen molar-refractivity contribution in [1.29, 1.82) is 0 Å². The predicted octanol–water partition coefficient (Wildman–Crippen LogP) is 2.95. The normalized spacial score (nSPS) is 12.2. The third-order valence-electron chi connectivity index (χ3n) is 5.01. The van der Waals surface area contributed by atoms with Crippen molar-refractivity contribution in [3.63, 3.8) is 0 Å². The minimum Gasteiger partial charge on any atom is -0.497 e. The topological polar surface area (TPSA) is 105 Å². The Balaban J connectivity index is 1.67. The zero-order valence-corrected chi connectivity index (χ0v) is 18.7. The lowest BCUT2D eigenvalue weighted by Gasteiger charge is -2.14. The first-order valence-electron chi connectivity index (χ1n) is 10.0. The first-order valence-corrected chi connectivity index (χ1v) is 11.5. The van der Waals surface area contributed by atoms with Crippen molar-refractivity contribution in [3.05, 3.63) is 95.1 Å². The minimum atomic E-state index is -3.82. The summed E-state index contributed by atoms with van der Waals surface area (Å²) < 4.78 is 33.3. The summed E-state index contributed by atoms with van der Waals surface area (Å²) in [6.07, 6.45) is -0.911. The third kappa shape index (κ3) is 5.94. The average Bonchev–Trinajstić information content (AvgIpc) is 2.82. The van der Waals surface area contributed by atoms with E-state index in [0.717, 1.165) is 5.56 Å². The molecule has 1 amide bonds. The molecule has 0 aliphatic heterocycles. The van der Waals surface area contributed by atoms with E-state index in [-0.39, 0.29) is 23.5 Å². The fourth-order valence-electron chi connectivity index (χ4n) is 3.12. The van der Waals surface area contributed by atoms with Crippen molar-refractivity contribution < 1.29 is 23.1 Å². The van der Waals surface area contributed by atoms with Crippen LogP contribution < -0.4 is 14.8 Å². The van der Waals surface area contributed by atoms with Crippen LogP contribution in [-0.4, -0.2) is 33.1 Å². The van der Waals surface area contributed by atoms with Crippen molar-refractivity contribution >= 4 is 15.9 Å². The van der Waals surface area contributed by atoms with Crippen LogP contribution in [0.4, 0.5) is 0 Å². The summed E-state index contributed by atoms with van der Waals surface area (Å²) in [7, 11) is -2.26. The molecule has 0 saturated heterocycles. The van der Waals surface area contributed by atoms with Crippen LogP contribution in [0.1, 0.15) is 33.2 Å². The van der Waals surface area contributed by atoms with Crippen LogP contribution in [0, 0.1) is 6.92 Å². The Kier molecular flexibility index (Phi) is 7.63. The fourth-order valence-corrected chi connectivity index (χ4v) is 4.40. The van der Waals surface area contributed by atoms with E-state index in [9.17, 15) is 18.3 Å². The largest absolute Gasteiger partial charge is 0.497 e. The van der Waals surface area contributed by atoms with Crippen molar-refractivity contribution in [2.24, 2.45) is 0 Å². The number of hydrogen-bond donors (Lipinski definition) is 3. The number of aliphatic hydroxyl groups is 1. The molecule has 0 saturated carbocycles. The van der Waals surface area contributed by atoms with Gasteiger partial charge < -0.3 is 15.2 Å². The average molecular weight is 455 g/mol. The predicted molar refractivity (Wildman–Crippen MR) is 122 cm³/mol. The molecule has 0 spiro atoms. The summed E-state index contributed by atoms with van der Waals surface area (Å²) in [6, 6.07) is 20.5. The first kappa shape index (κ1) is 23.5. The van der Waals surface area contributed by atoms with Crippen LogP contribution in [0.5, 0.6) is 5.75 Å². The number of aliphatic hydroxyl groups excluding tert-OH is 1. The second-order valence-electron chi connectivity index (χ2n) is 7.29. The molecule has 0 radical (unpaired) electrons. The van der Waals surface area contributed by atoms with E-state index in [1.807, 2.05) is 30.3 Å². The molecule has 3 aromatic rings. The molecule has 0 aliphatic rings. The van der Waals surface area contributed by atoms with Gasteiger partial charge >= 0.3 is 0 Å². The zero-order chi connectivity index (χ0) is 23.1. The Morgan fingerprint density at radius 2 is 1.72 bits per heavy atom. The number of sulfonamides is 1. The van der Waals surface area contributed by atoms with Gasteiger partial charge in [-0.25, -0.2) is 13.1 Å². The Morgan fingerprint density at radius 1 is 1.03 bits per heavy atom. The number of ether oxygens (including phenoxy) is 1. The van der Waals surface area contributed by atoms with E-state index in [0.29, 0.717) is 16.9 Å². The lowest BCUT2D eigenvalue weighted by Crippen LogP contribution is -2.29. The molecule has 3 N–H and O–H groups in total. The molecule has 1 unspecified atom stereocenters. The van der Waals surface area contributed by atoms with Gasteiger partial charge in [0.05, 0.1) is 18.1 Å². The number of carbonyl (C=O) groups is 1. The molecule has 0 aromatic heterocycles. The number of carbonyl (C=O) groups excluding carboxylic acids is 1. The van der Waals surface area contributed by atoms with Gasteiger partial charge in [0.15, 0.2) is 0 Å². The zero-order valence-electron chi connectivity index (χ0n) is 17.9. The Hall–Kier alpha value is -3.20. The molecule has 0 aliphatic carbocycles. The molecule has 32 heavy (non-hydrogen) atoms. The maximum absolute atomic E-state index is 12.8. The van der Waals surface area contributed by atoms with Crippen LogP contribution in [0.2, 0.25) is 0 Å². The van der Waals surface area contributed by atoms with Crippen molar-refractivity contribution in [3.8, 4) is 5.75 Å². The number of benzene rings is 3. The Labute approximate surface area is 188 Å². The van der Waals surface area contributed by atoms with Gasteiger partial charge in [0.1, 0.15) is 5.75 Å². The summed E-state index contributed by atoms with van der Waals surface area (Å²) in [4.78, 5) is 12.6.